The van der Waals surface area contributed by atoms with E-state index in [0.29, 0.717) is 16.3 Å². The number of amides is 1. The predicted molar refractivity (Wildman–Crippen MR) is 82.8 cm³/mol. The zero-order valence-corrected chi connectivity index (χ0v) is 12.6. The van der Waals surface area contributed by atoms with Gasteiger partial charge in [0.15, 0.2) is 6.61 Å². The number of hydrogen-bond donors (Lipinski definition) is 1. The lowest BCUT2D eigenvalue weighted by Gasteiger charge is -2.11. The molecule has 0 saturated heterocycles. The number of primary amides is 1. The van der Waals surface area contributed by atoms with E-state index in [1.165, 1.54) is 19.2 Å². The van der Waals surface area contributed by atoms with E-state index in [-0.39, 0.29) is 23.7 Å². The van der Waals surface area contributed by atoms with Gasteiger partial charge in [0.2, 0.25) is 5.78 Å². The SMILES string of the molecule is COc1ccccc1C(=O)COc1ccc(Cl)cc1C(N)=O. The first kappa shape index (κ1) is 15.9. The lowest BCUT2D eigenvalue weighted by atomic mass is 10.1. The summed E-state index contributed by atoms with van der Waals surface area (Å²) >= 11 is 5.81. The summed E-state index contributed by atoms with van der Waals surface area (Å²) in [7, 11) is 1.48. The minimum Gasteiger partial charge on any atom is -0.496 e. The highest BCUT2D eigenvalue weighted by atomic mass is 35.5. The fourth-order valence-electron chi connectivity index (χ4n) is 1.92. The summed E-state index contributed by atoms with van der Waals surface area (Å²) in [6, 6.07) is 11.3. The highest BCUT2D eigenvalue weighted by Gasteiger charge is 2.15. The third kappa shape index (κ3) is 3.56. The van der Waals surface area contributed by atoms with Crippen LogP contribution in [-0.2, 0) is 0 Å². The van der Waals surface area contributed by atoms with E-state index in [1.807, 2.05) is 0 Å². The van der Waals surface area contributed by atoms with Gasteiger partial charge in [-0.1, -0.05) is 23.7 Å². The van der Waals surface area contributed by atoms with Gasteiger partial charge in [-0.2, -0.15) is 0 Å². The van der Waals surface area contributed by atoms with Crippen LogP contribution in [0.3, 0.4) is 0 Å². The average molecular weight is 320 g/mol. The molecule has 0 aromatic heterocycles. The van der Waals surface area contributed by atoms with Gasteiger partial charge in [-0.15, -0.1) is 0 Å². The number of ketones is 1. The van der Waals surface area contributed by atoms with E-state index in [1.54, 1.807) is 30.3 Å². The summed E-state index contributed by atoms with van der Waals surface area (Å²) in [4.78, 5) is 23.6. The number of Topliss-reactive ketones (excluding diaryl/α,β-unsaturated/α-hetero) is 1. The van der Waals surface area contributed by atoms with Crippen LogP contribution in [0.1, 0.15) is 20.7 Å². The molecule has 0 heterocycles. The molecule has 0 bridgehead atoms. The highest BCUT2D eigenvalue weighted by molar-refractivity contribution is 6.31. The van der Waals surface area contributed by atoms with E-state index in [2.05, 4.69) is 0 Å². The molecule has 0 aliphatic rings. The van der Waals surface area contributed by atoms with Crippen molar-refractivity contribution in [2.45, 2.75) is 0 Å². The standard InChI is InChI=1S/C16H14ClNO4/c1-21-14-5-3-2-4-11(14)13(19)9-22-15-7-6-10(17)8-12(15)16(18)20/h2-8H,9H2,1H3,(H2,18,20). The van der Waals surface area contributed by atoms with Crippen LogP contribution in [0.5, 0.6) is 11.5 Å². The van der Waals surface area contributed by atoms with Crippen molar-refractivity contribution in [2.75, 3.05) is 13.7 Å². The van der Waals surface area contributed by atoms with Crippen LogP contribution in [0.15, 0.2) is 42.5 Å². The molecule has 0 aliphatic heterocycles. The van der Waals surface area contributed by atoms with Gasteiger partial charge in [-0.05, 0) is 30.3 Å². The van der Waals surface area contributed by atoms with Gasteiger partial charge < -0.3 is 15.2 Å². The molecular formula is C16H14ClNO4. The number of halogens is 1. The predicted octanol–water partition coefficient (Wildman–Crippen LogP) is 2.71. The minimum atomic E-state index is -0.678. The smallest absolute Gasteiger partial charge is 0.252 e. The molecule has 0 spiro atoms. The van der Waals surface area contributed by atoms with Crippen molar-refractivity contribution >= 4 is 23.3 Å². The van der Waals surface area contributed by atoms with E-state index in [4.69, 9.17) is 26.8 Å². The fraction of sp³-hybridized carbons (Fsp3) is 0.125. The Kier molecular flexibility index (Phi) is 5.01. The van der Waals surface area contributed by atoms with Crippen molar-refractivity contribution in [1.29, 1.82) is 0 Å². The van der Waals surface area contributed by atoms with E-state index < -0.39 is 5.91 Å². The maximum atomic E-state index is 12.2. The number of nitrogens with two attached hydrogens (primary N) is 1. The Hall–Kier alpha value is -2.53. The molecule has 0 radical (unpaired) electrons. The molecule has 0 aliphatic carbocycles. The van der Waals surface area contributed by atoms with E-state index >= 15 is 0 Å². The van der Waals surface area contributed by atoms with Gasteiger partial charge in [-0.25, -0.2) is 0 Å². The molecule has 2 aromatic carbocycles. The van der Waals surface area contributed by atoms with Crippen molar-refractivity contribution in [3.05, 3.63) is 58.6 Å². The van der Waals surface area contributed by atoms with Crippen molar-refractivity contribution < 1.29 is 19.1 Å². The fourth-order valence-corrected chi connectivity index (χ4v) is 2.09. The van der Waals surface area contributed by atoms with Crippen LogP contribution in [0.25, 0.3) is 0 Å². The maximum Gasteiger partial charge on any atom is 0.252 e. The van der Waals surface area contributed by atoms with Crippen molar-refractivity contribution in [2.24, 2.45) is 5.73 Å². The molecule has 0 saturated carbocycles. The molecular weight excluding hydrogens is 306 g/mol. The highest BCUT2D eigenvalue weighted by Crippen LogP contribution is 2.23. The largest absolute Gasteiger partial charge is 0.496 e. The lowest BCUT2D eigenvalue weighted by molar-refractivity contribution is 0.0909. The van der Waals surface area contributed by atoms with Crippen LogP contribution in [0.4, 0.5) is 0 Å². The number of ether oxygens (including phenoxy) is 2. The number of carbonyl (C=O) groups is 2. The topological polar surface area (TPSA) is 78.6 Å². The molecule has 0 atom stereocenters. The summed E-state index contributed by atoms with van der Waals surface area (Å²) in [6.07, 6.45) is 0. The Labute approximate surface area is 132 Å². The molecule has 0 unspecified atom stereocenters. The Bertz CT molecular complexity index is 715. The Balaban J connectivity index is 2.16. The summed E-state index contributed by atoms with van der Waals surface area (Å²) in [6.45, 7) is -0.248. The maximum absolute atomic E-state index is 12.2. The molecule has 114 valence electrons. The molecule has 2 rings (SSSR count). The third-order valence-corrected chi connectivity index (χ3v) is 3.21. The number of benzene rings is 2. The van der Waals surface area contributed by atoms with Gasteiger partial charge in [0.25, 0.3) is 5.91 Å². The van der Waals surface area contributed by atoms with Crippen LogP contribution in [-0.4, -0.2) is 25.4 Å². The van der Waals surface area contributed by atoms with Gasteiger partial charge in [0.1, 0.15) is 11.5 Å². The quantitative estimate of drug-likeness (QED) is 0.830. The van der Waals surface area contributed by atoms with Crippen LogP contribution < -0.4 is 15.2 Å². The second-order valence-electron chi connectivity index (χ2n) is 4.42. The zero-order valence-electron chi connectivity index (χ0n) is 11.8. The van der Waals surface area contributed by atoms with Crippen LogP contribution >= 0.6 is 11.6 Å². The minimum absolute atomic E-state index is 0.125. The molecule has 0 fully saturated rings. The van der Waals surface area contributed by atoms with Gasteiger partial charge in [0.05, 0.1) is 18.2 Å². The molecule has 2 aromatic rings. The number of hydrogen-bond acceptors (Lipinski definition) is 4. The second-order valence-corrected chi connectivity index (χ2v) is 4.85. The number of carbonyl (C=O) groups excluding carboxylic acids is 2. The molecule has 6 heteroatoms. The van der Waals surface area contributed by atoms with Gasteiger partial charge in [0, 0.05) is 5.02 Å². The summed E-state index contributed by atoms with van der Waals surface area (Å²) < 4.78 is 10.5. The van der Waals surface area contributed by atoms with E-state index in [0.717, 1.165) is 0 Å². The number of rotatable bonds is 6. The summed E-state index contributed by atoms with van der Waals surface area (Å²) in [5.41, 5.74) is 5.79. The Morgan fingerprint density at radius 3 is 2.50 bits per heavy atom. The Morgan fingerprint density at radius 1 is 1.09 bits per heavy atom. The summed E-state index contributed by atoms with van der Waals surface area (Å²) in [5, 5.41) is 0.359. The number of methoxy groups -OCH3 is 1. The number of para-hydroxylation sites is 1. The lowest BCUT2D eigenvalue weighted by Crippen LogP contribution is -2.17. The monoisotopic (exact) mass is 319 g/mol. The van der Waals surface area contributed by atoms with Crippen molar-refractivity contribution in [1.82, 2.24) is 0 Å². The molecule has 2 N–H and O–H groups in total. The second kappa shape index (κ2) is 6.95. The third-order valence-electron chi connectivity index (χ3n) is 2.97. The first-order valence-corrected chi connectivity index (χ1v) is 6.79. The first-order valence-electron chi connectivity index (χ1n) is 6.41. The van der Waals surface area contributed by atoms with Gasteiger partial charge >= 0.3 is 0 Å². The Morgan fingerprint density at radius 2 is 1.82 bits per heavy atom. The zero-order chi connectivity index (χ0) is 16.1. The average Bonchev–Trinajstić information content (AvgIpc) is 2.53. The van der Waals surface area contributed by atoms with Crippen LogP contribution in [0.2, 0.25) is 5.02 Å². The summed E-state index contributed by atoms with van der Waals surface area (Å²) in [5.74, 6) is -0.285. The van der Waals surface area contributed by atoms with Crippen molar-refractivity contribution in [3.8, 4) is 11.5 Å². The van der Waals surface area contributed by atoms with Gasteiger partial charge in [-0.3, -0.25) is 9.59 Å². The van der Waals surface area contributed by atoms with E-state index in [9.17, 15) is 9.59 Å². The van der Waals surface area contributed by atoms with Crippen molar-refractivity contribution in [3.63, 3.8) is 0 Å². The first-order chi connectivity index (χ1) is 10.5. The van der Waals surface area contributed by atoms with Crippen LogP contribution in [0, 0.1) is 0 Å². The normalized spacial score (nSPS) is 10.1. The molecule has 22 heavy (non-hydrogen) atoms. The molecule has 5 nitrogen and oxygen atoms in total. The molecule has 1 amide bonds.